The Bertz CT molecular complexity index is 1820. The van der Waals surface area contributed by atoms with Gasteiger partial charge in [-0.2, -0.15) is 8.78 Å². The van der Waals surface area contributed by atoms with Crippen LogP contribution in [0.4, 0.5) is 14.5 Å². The van der Waals surface area contributed by atoms with Crippen molar-refractivity contribution in [1.82, 2.24) is 9.88 Å². The summed E-state index contributed by atoms with van der Waals surface area (Å²) in [5.41, 5.74) is 0.294. The van der Waals surface area contributed by atoms with Crippen molar-refractivity contribution in [2.45, 2.75) is 32.0 Å². The summed E-state index contributed by atoms with van der Waals surface area (Å²) in [5.74, 6) is -2.70. The number of alkyl halides is 2. The fraction of sp³-hybridized carbons (Fsp3) is 0.333. The third-order valence-electron chi connectivity index (χ3n) is 7.22. The Morgan fingerprint density at radius 3 is 2.30 bits per heavy atom. The first-order chi connectivity index (χ1) is 22.2. The summed E-state index contributed by atoms with van der Waals surface area (Å²) in [6.45, 7) is -3.68. The lowest BCUT2D eigenvalue weighted by molar-refractivity contribution is -0.149. The van der Waals surface area contributed by atoms with Crippen LogP contribution in [0.3, 0.4) is 0 Å². The molecule has 1 N–H and O–H groups in total. The number of esters is 1. The van der Waals surface area contributed by atoms with Gasteiger partial charge < -0.3 is 18.9 Å². The van der Waals surface area contributed by atoms with Gasteiger partial charge in [0.25, 0.3) is 11.8 Å². The first-order valence-corrected chi connectivity index (χ1v) is 16.6. The SMILES string of the molecule is COc1cc2c(cc1NS(C)(=O)=O)C(=O)N(CC(=O)O[C@@H](Cc1c(Cl)cncc1Cl)c1ccc(OC(F)F)c(OCC3CC3)c1)C2=O. The number of nitrogens with one attached hydrogen (secondary N) is 1. The van der Waals surface area contributed by atoms with Crippen molar-refractivity contribution in [3.05, 3.63) is 75.0 Å². The number of fused-ring (bicyclic) bond motifs is 1. The van der Waals surface area contributed by atoms with E-state index < -0.39 is 47.1 Å². The molecular formula is C30H27Cl2F2N3O9S. The van der Waals surface area contributed by atoms with Crippen molar-refractivity contribution in [1.29, 1.82) is 0 Å². The summed E-state index contributed by atoms with van der Waals surface area (Å²) in [6.07, 6.45) is 4.18. The van der Waals surface area contributed by atoms with E-state index in [0.29, 0.717) is 16.0 Å². The molecule has 17 heteroatoms. The van der Waals surface area contributed by atoms with Gasteiger partial charge in [0.05, 0.1) is 46.8 Å². The van der Waals surface area contributed by atoms with Crippen molar-refractivity contribution in [3.63, 3.8) is 0 Å². The first-order valence-electron chi connectivity index (χ1n) is 14.0. The maximum atomic E-state index is 13.4. The van der Waals surface area contributed by atoms with Gasteiger partial charge in [-0.3, -0.25) is 29.0 Å². The predicted molar refractivity (Wildman–Crippen MR) is 165 cm³/mol. The minimum Gasteiger partial charge on any atom is -0.495 e. The number of imide groups is 1. The quantitative estimate of drug-likeness (QED) is 0.173. The molecule has 3 aromatic rings. The highest BCUT2D eigenvalue weighted by Crippen LogP contribution is 2.38. The van der Waals surface area contributed by atoms with Crippen molar-refractivity contribution in [3.8, 4) is 17.2 Å². The van der Waals surface area contributed by atoms with Gasteiger partial charge in [0.2, 0.25) is 10.0 Å². The Kier molecular flexibility index (Phi) is 10.1. The number of benzene rings is 2. The summed E-state index contributed by atoms with van der Waals surface area (Å²) in [4.78, 5) is 44.4. The highest BCUT2D eigenvalue weighted by atomic mass is 35.5. The van der Waals surface area contributed by atoms with Crippen LogP contribution < -0.4 is 18.9 Å². The number of rotatable bonds is 14. The molecule has 2 heterocycles. The molecule has 1 atom stereocenters. The van der Waals surface area contributed by atoms with Crippen molar-refractivity contribution >= 4 is 56.7 Å². The van der Waals surface area contributed by atoms with Gasteiger partial charge in [-0.05, 0) is 54.2 Å². The van der Waals surface area contributed by atoms with E-state index in [1.54, 1.807) is 0 Å². The summed E-state index contributed by atoms with van der Waals surface area (Å²) in [6, 6.07) is 6.37. The normalized spacial score (nSPS) is 15.0. The number of carbonyl (C=O) groups excluding carboxylic acids is 3. The van der Waals surface area contributed by atoms with E-state index in [4.69, 9.17) is 37.4 Å². The van der Waals surface area contributed by atoms with E-state index in [1.807, 2.05) is 0 Å². The predicted octanol–water partition coefficient (Wildman–Crippen LogP) is 5.28. The maximum Gasteiger partial charge on any atom is 0.387 e. The molecular weight excluding hydrogens is 687 g/mol. The second-order valence-corrected chi connectivity index (χ2v) is 13.3. The molecule has 0 bridgehead atoms. The van der Waals surface area contributed by atoms with Gasteiger partial charge >= 0.3 is 12.6 Å². The van der Waals surface area contributed by atoms with E-state index in [9.17, 15) is 31.6 Å². The lowest BCUT2D eigenvalue weighted by atomic mass is 10.0. The second-order valence-electron chi connectivity index (χ2n) is 10.8. The van der Waals surface area contributed by atoms with Crippen molar-refractivity contribution in [2.75, 3.05) is 31.2 Å². The summed E-state index contributed by atoms with van der Waals surface area (Å²) < 4.78 is 73.5. The van der Waals surface area contributed by atoms with Crippen LogP contribution in [0.2, 0.25) is 10.0 Å². The maximum absolute atomic E-state index is 13.4. The van der Waals surface area contributed by atoms with Crippen LogP contribution in [0.15, 0.2) is 42.7 Å². The van der Waals surface area contributed by atoms with Crippen LogP contribution in [-0.2, 0) is 26.0 Å². The number of ether oxygens (including phenoxy) is 4. The molecule has 2 amide bonds. The van der Waals surface area contributed by atoms with E-state index in [1.165, 1.54) is 43.8 Å². The average molecular weight is 715 g/mol. The molecule has 0 unspecified atom stereocenters. The number of hydrogen-bond acceptors (Lipinski definition) is 10. The molecule has 0 radical (unpaired) electrons. The van der Waals surface area contributed by atoms with Crippen LogP contribution in [-0.4, -0.2) is 69.2 Å². The molecule has 1 aromatic heterocycles. The molecule has 250 valence electrons. The Hall–Kier alpha value is -4.21. The third kappa shape index (κ3) is 8.21. The highest BCUT2D eigenvalue weighted by Gasteiger charge is 2.39. The molecule has 0 saturated heterocycles. The first kappa shape index (κ1) is 34.1. The number of nitrogens with zero attached hydrogens (tertiary/aromatic N) is 2. The Morgan fingerprint density at radius 1 is 1.04 bits per heavy atom. The Labute approximate surface area is 277 Å². The van der Waals surface area contributed by atoms with Crippen LogP contribution in [0, 0.1) is 5.92 Å². The molecule has 2 aromatic carbocycles. The largest absolute Gasteiger partial charge is 0.495 e. The molecule has 5 rings (SSSR count). The molecule has 0 spiro atoms. The number of anilines is 1. The Morgan fingerprint density at radius 2 is 1.70 bits per heavy atom. The summed E-state index contributed by atoms with van der Waals surface area (Å²) in [5, 5.41) is 0.323. The molecule has 1 aliphatic carbocycles. The van der Waals surface area contributed by atoms with Gasteiger partial charge in [0.15, 0.2) is 11.5 Å². The minimum atomic E-state index is -3.77. The molecule has 1 fully saturated rings. The number of carbonyl (C=O) groups is 3. The van der Waals surface area contributed by atoms with Crippen molar-refractivity contribution in [2.24, 2.45) is 5.92 Å². The van der Waals surface area contributed by atoms with Crippen molar-refractivity contribution < 1.29 is 50.5 Å². The second kappa shape index (κ2) is 13.9. The zero-order valence-corrected chi connectivity index (χ0v) is 27.1. The van der Waals surface area contributed by atoms with Crippen LogP contribution >= 0.6 is 23.2 Å². The zero-order chi connectivity index (χ0) is 34.0. The smallest absolute Gasteiger partial charge is 0.387 e. The number of hydrogen-bond donors (Lipinski definition) is 1. The van der Waals surface area contributed by atoms with Gasteiger partial charge in [-0.25, -0.2) is 8.42 Å². The van der Waals surface area contributed by atoms with E-state index >= 15 is 0 Å². The van der Waals surface area contributed by atoms with E-state index in [0.717, 1.165) is 25.2 Å². The lowest BCUT2D eigenvalue weighted by Gasteiger charge is -2.22. The number of amides is 2. The molecule has 47 heavy (non-hydrogen) atoms. The monoisotopic (exact) mass is 713 g/mol. The van der Waals surface area contributed by atoms with Crippen LogP contribution in [0.5, 0.6) is 17.2 Å². The fourth-order valence-corrected chi connectivity index (χ4v) is 5.88. The number of sulfonamides is 1. The summed E-state index contributed by atoms with van der Waals surface area (Å²) >= 11 is 12.7. The lowest BCUT2D eigenvalue weighted by Crippen LogP contribution is -2.36. The third-order valence-corrected chi connectivity index (χ3v) is 8.46. The molecule has 1 aliphatic heterocycles. The van der Waals surface area contributed by atoms with Gasteiger partial charge in [0.1, 0.15) is 18.4 Å². The standard InChI is InChI=1S/C30H27Cl2F2N3O9S/c1-43-25-9-18-17(8-22(25)36-47(2,41)42)28(39)37(29(18)40)13-27(38)45-24(10-19-20(31)11-35-12-21(19)32)16-5-6-23(46-30(33)34)26(7-16)44-14-15-3-4-15/h5-9,11-12,15,24,30,36H,3-4,10,13-14H2,1-2H3/t24-/m0/s1. The average Bonchev–Trinajstić information content (AvgIpc) is 3.80. The fourth-order valence-electron chi connectivity index (χ4n) is 4.80. The van der Waals surface area contributed by atoms with Gasteiger partial charge in [0, 0.05) is 18.8 Å². The molecule has 12 nitrogen and oxygen atoms in total. The Balaban J connectivity index is 1.42. The number of halogens is 4. The van der Waals surface area contributed by atoms with Crippen LogP contribution in [0.1, 0.15) is 50.8 Å². The summed E-state index contributed by atoms with van der Waals surface area (Å²) in [7, 11) is -2.52. The molecule has 2 aliphatic rings. The zero-order valence-electron chi connectivity index (χ0n) is 24.8. The topological polar surface area (TPSA) is 150 Å². The minimum absolute atomic E-state index is 0.00419. The van der Waals surface area contributed by atoms with Gasteiger partial charge in [-0.15, -0.1) is 0 Å². The van der Waals surface area contributed by atoms with Crippen LogP contribution in [0.25, 0.3) is 0 Å². The van der Waals surface area contributed by atoms with Gasteiger partial charge in [-0.1, -0.05) is 29.3 Å². The number of pyridine rings is 1. The molecule has 1 saturated carbocycles. The van der Waals surface area contributed by atoms with E-state index in [2.05, 4.69) is 14.4 Å². The number of aromatic nitrogens is 1. The number of methoxy groups -OCH3 is 1. The highest BCUT2D eigenvalue weighted by molar-refractivity contribution is 7.92. The van der Waals surface area contributed by atoms with E-state index in [-0.39, 0.29) is 63.1 Å².